The van der Waals surface area contributed by atoms with Crippen LogP contribution in [0.4, 0.5) is 0 Å². The second kappa shape index (κ2) is 4.30. The van der Waals surface area contributed by atoms with Crippen LogP contribution in [0.5, 0.6) is 0 Å². The maximum atomic E-state index is 3.72. The second-order valence-corrected chi connectivity index (χ2v) is 4.33. The molecular weight excluding hydrogens is 144 g/mol. The molecule has 0 fully saturated rings. The summed E-state index contributed by atoms with van der Waals surface area (Å²) in [6, 6.07) is 0. The first-order valence-electron chi connectivity index (χ1n) is 4.36. The van der Waals surface area contributed by atoms with Crippen LogP contribution in [0.2, 0.25) is 0 Å². The molecule has 0 bridgehead atoms. The molecule has 0 heterocycles. The topological polar surface area (TPSA) is 0 Å². The van der Waals surface area contributed by atoms with E-state index in [1.165, 1.54) is 11.1 Å². The zero-order chi connectivity index (χ0) is 9.78. The van der Waals surface area contributed by atoms with Gasteiger partial charge in [0.15, 0.2) is 0 Å². The molecule has 0 atom stereocenters. The van der Waals surface area contributed by atoms with Crippen molar-refractivity contribution in [1.82, 2.24) is 0 Å². The fourth-order valence-corrected chi connectivity index (χ4v) is 0.953. The Morgan fingerprint density at radius 1 is 1.17 bits per heavy atom. The third-order valence-electron chi connectivity index (χ3n) is 1.61. The molecule has 0 aliphatic rings. The van der Waals surface area contributed by atoms with Crippen LogP contribution in [0.3, 0.4) is 0 Å². The average molecular weight is 164 g/mol. The Morgan fingerprint density at radius 3 is 1.92 bits per heavy atom. The summed E-state index contributed by atoms with van der Waals surface area (Å²) in [5, 5.41) is 0. The van der Waals surface area contributed by atoms with Gasteiger partial charge in [-0.05, 0) is 24.8 Å². The van der Waals surface area contributed by atoms with E-state index in [4.69, 9.17) is 0 Å². The summed E-state index contributed by atoms with van der Waals surface area (Å²) in [4.78, 5) is 0. The monoisotopic (exact) mass is 164 g/mol. The minimum absolute atomic E-state index is 0.214. The Hall–Kier alpha value is -0.780. The third kappa shape index (κ3) is 4.17. The molecule has 68 valence electrons. The van der Waals surface area contributed by atoms with Crippen LogP contribution in [-0.2, 0) is 0 Å². The zero-order valence-corrected chi connectivity index (χ0v) is 8.94. The van der Waals surface area contributed by atoms with E-state index in [1.807, 2.05) is 6.08 Å². The quantitative estimate of drug-likeness (QED) is 0.539. The Labute approximate surface area is 76.7 Å². The molecule has 0 aliphatic heterocycles. The summed E-state index contributed by atoms with van der Waals surface area (Å²) in [6.07, 6.45) is 6.13. The highest BCUT2D eigenvalue weighted by atomic mass is 14.2. The molecule has 0 saturated carbocycles. The molecule has 0 rings (SSSR count). The zero-order valence-electron chi connectivity index (χ0n) is 8.94. The maximum absolute atomic E-state index is 3.72. The minimum Gasteiger partial charge on any atom is -0.0991 e. The molecule has 0 heteroatoms. The summed E-state index contributed by atoms with van der Waals surface area (Å²) in [5.41, 5.74) is 2.88. The van der Waals surface area contributed by atoms with E-state index in [-0.39, 0.29) is 5.41 Å². The summed E-state index contributed by atoms with van der Waals surface area (Å²) in [5.74, 6) is 0. The van der Waals surface area contributed by atoms with Gasteiger partial charge in [-0.15, -0.1) is 0 Å². The van der Waals surface area contributed by atoms with Crippen molar-refractivity contribution in [3.05, 3.63) is 36.0 Å². The Kier molecular flexibility index (Phi) is 4.02. The maximum Gasteiger partial charge on any atom is -0.0132 e. The van der Waals surface area contributed by atoms with Crippen LogP contribution < -0.4 is 0 Å². The highest BCUT2D eigenvalue weighted by Crippen LogP contribution is 2.26. The van der Waals surface area contributed by atoms with Crippen molar-refractivity contribution < 1.29 is 0 Å². The van der Waals surface area contributed by atoms with E-state index in [0.717, 1.165) is 0 Å². The van der Waals surface area contributed by atoms with Crippen LogP contribution in [0.25, 0.3) is 0 Å². The van der Waals surface area contributed by atoms with E-state index in [1.54, 1.807) is 0 Å². The van der Waals surface area contributed by atoms with Crippen molar-refractivity contribution in [3.8, 4) is 0 Å². The van der Waals surface area contributed by atoms with E-state index in [2.05, 4.69) is 53.3 Å². The SMILES string of the molecule is C=C/C=C(\C=C(C)C)C(C)(C)C. The van der Waals surface area contributed by atoms with Crippen molar-refractivity contribution >= 4 is 0 Å². The molecule has 0 amide bonds. The van der Waals surface area contributed by atoms with E-state index in [9.17, 15) is 0 Å². The van der Waals surface area contributed by atoms with Crippen molar-refractivity contribution in [3.63, 3.8) is 0 Å². The summed E-state index contributed by atoms with van der Waals surface area (Å²) < 4.78 is 0. The van der Waals surface area contributed by atoms with Gasteiger partial charge >= 0.3 is 0 Å². The van der Waals surface area contributed by atoms with Crippen molar-refractivity contribution in [2.24, 2.45) is 5.41 Å². The fourth-order valence-electron chi connectivity index (χ4n) is 0.953. The van der Waals surface area contributed by atoms with Crippen molar-refractivity contribution in [2.75, 3.05) is 0 Å². The Balaban J connectivity index is 4.82. The van der Waals surface area contributed by atoms with Crippen molar-refractivity contribution in [2.45, 2.75) is 34.6 Å². The molecule has 0 unspecified atom stereocenters. The standard InChI is InChI=1S/C12H20/c1-7-8-11(9-10(2)3)12(4,5)6/h7-9H,1H2,2-6H3/b11-8+. The average Bonchev–Trinajstić information content (AvgIpc) is 1.83. The second-order valence-electron chi connectivity index (χ2n) is 4.33. The van der Waals surface area contributed by atoms with Crippen molar-refractivity contribution in [1.29, 1.82) is 0 Å². The van der Waals surface area contributed by atoms with Gasteiger partial charge < -0.3 is 0 Å². The molecule has 0 spiro atoms. The smallest absolute Gasteiger partial charge is 0.0132 e. The lowest BCUT2D eigenvalue weighted by Crippen LogP contribution is -2.07. The third-order valence-corrected chi connectivity index (χ3v) is 1.61. The Morgan fingerprint density at radius 2 is 1.67 bits per heavy atom. The molecule has 12 heavy (non-hydrogen) atoms. The first kappa shape index (κ1) is 11.2. The highest BCUT2D eigenvalue weighted by molar-refractivity contribution is 5.30. The predicted octanol–water partition coefficient (Wildman–Crippen LogP) is 4.11. The lowest BCUT2D eigenvalue weighted by Gasteiger charge is -2.20. The normalized spacial score (nSPS) is 12.6. The summed E-state index contributed by atoms with van der Waals surface area (Å²) in [7, 11) is 0. The van der Waals surface area contributed by atoms with Crippen LogP contribution >= 0.6 is 0 Å². The summed E-state index contributed by atoms with van der Waals surface area (Å²) >= 11 is 0. The first-order valence-corrected chi connectivity index (χ1v) is 4.36. The molecule has 0 aromatic carbocycles. The number of rotatable bonds is 2. The van der Waals surface area contributed by atoms with Gasteiger partial charge in [-0.2, -0.15) is 0 Å². The van der Waals surface area contributed by atoms with Gasteiger partial charge in [-0.25, -0.2) is 0 Å². The fraction of sp³-hybridized carbons (Fsp3) is 0.500. The number of hydrogen-bond acceptors (Lipinski definition) is 0. The van der Waals surface area contributed by atoms with Gasteiger partial charge in [0.05, 0.1) is 0 Å². The predicted molar refractivity (Wildman–Crippen MR) is 57.2 cm³/mol. The first-order chi connectivity index (χ1) is 5.38. The highest BCUT2D eigenvalue weighted by Gasteiger charge is 2.13. The lowest BCUT2D eigenvalue weighted by atomic mass is 9.85. The molecule has 0 saturated heterocycles. The molecule has 0 aromatic rings. The minimum atomic E-state index is 0.214. The molecule has 0 radical (unpaired) electrons. The summed E-state index contributed by atoms with van der Waals surface area (Å²) in [6.45, 7) is 14.6. The van der Waals surface area contributed by atoms with Crippen LogP contribution in [-0.4, -0.2) is 0 Å². The largest absolute Gasteiger partial charge is 0.0991 e. The van der Waals surface area contributed by atoms with Gasteiger partial charge in [0.2, 0.25) is 0 Å². The van der Waals surface area contributed by atoms with E-state index >= 15 is 0 Å². The van der Waals surface area contributed by atoms with Crippen LogP contribution in [0.15, 0.2) is 36.0 Å². The van der Waals surface area contributed by atoms with E-state index in [0.29, 0.717) is 0 Å². The van der Waals surface area contributed by atoms with Gasteiger partial charge in [0.25, 0.3) is 0 Å². The van der Waals surface area contributed by atoms with Crippen LogP contribution in [0.1, 0.15) is 34.6 Å². The lowest BCUT2D eigenvalue weighted by molar-refractivity contribution is 0.516. The van der Waals surface area contributed by atoms with E-state index < -0.39 is 0 Å². The number of hydrogen-bond donors (Lipinski definition) is 0. The van der Waals surface area contributed by atoms with Gasteiger partial charge in [0.1, 0.15) is 0 Å². The van der Waals surface area contributed by atoms with Crippen LogP contribution in [0, 0.1) is 5.41 Å². The molecular formula is C12H20. The molecule has 0 N–H and O–H groups in total. The van der Waals surface area contributed by atoms with Gasteiger partial charge in [-0.3, -0.25) is 0 Å². The van der Waals surface area contributed by atoms with Gasteiger partial charge in [0, 0.05) is 0 Å². The molecule has 0 nitrogen and oxygen atoms in total. The Bertz CT molecular complexity index is 205. The molecule has 0 aromatic heterocycles. The van der Waals surface area contributed by atoms with Gasteiger partial charge in [-0.1, -0.05) is 51.2 Å². The molecule has 0 aliphatic carbocycles. The number of allylic oxidation sites excluding steroid dienone is 5.